The summed E-state index contributed by atoms with van der Waals surface area (Å²) in [6, 6.07) is -0.460. The molecule has 1 N–H and O–H groups in total. The molecule has 1 saturated heterocycles. The molecule has 1 aliphatic heterocycles. The number of hydrogen-bond donors (Lipinski definition) is 1. The van der Waals surface area contributed by atoms with Gasteiger partial charge in [-0.3, -0.25) is 4.79 Å². The molecule has 2 fully saturated rings. The second kappa shape index (κ2) is 4.64. The van der Waals surface area contributed by atoms with Crippen LogP contribution in [-0.4, -0.2) is 47.2 Å². The highest BCUT2D eigenvalue weighted by molar-refractivity contribution is 5.84. The Kier molecular flexibility index (Phi) is 3.38. The van der Waals surface area contributed by atoms with Crippen LogP contribution >= 0.6 is 0 Å². The van der Waals surface area contributed by atoms with E-state index in [2.05, 4.69) is 0 Å². The molecule has 2 aliphatic rings. The molecule has 0 aromatic rings. The van der Waals surface area contributed by atoms with Crippen molar-refractivity contribution in [1.82, 2.24) is 4.90 Å². The lowest BCUT2D eigenvalue weighted by atomic mass is 9.83. The Bertz CT molecular complexity index is 330. The zero-order valence-electron chi connectivity index (χ0n) is 10.3. The minimum absolute atomic E-state index is 0.000324. The molecule has 1 saturated carbocycles. The number of fused-ring (bicyclic) bond motifs is 1. The molecule has 0 spiro atoms. The van der Waals surface area contributed by atoms with Crippen LogP contribution in [0.3, 0.4) is 0 Å². The van der Waals surface area contributed by atoms with Crippen molar-refractivity contribution in [2.75, 3.05) is 7.11 Å². The van der Waals surface area contributed by atoms with Gasteiger partial charge in [-0.25, -0.2) is 4.79 Å². The summed E-state index contributed by atoms with van der Waals surface area (Å²) >= 11 is 0. The zero-order chi connectivity index (χ0) is 12.6. The van der Waals surface area contributed by atoms with Crippen molar-refractivity contribution in [3.05, 3.63) is 0 Å². The van der Waals surface area contributed by atoms with Crippen molar-refractivity contribution in [1.29, 1.82) is 0 Å². The van der Waals surface area contributed by atoms with E-state index >= 15 is 0 Å². The molecule has 5 heteroatoms. The lowest BCUT2D eigenvalue weighted by Crippen LogP contribution is -2.47. The molecule has 17 heavy (non-hydrogen) atoms. The van der Waals surface area contributed by atoms with Crippen molar-refractivity contribution >= 4 is 11.9 Å². The molecule has 0 bridgehead atoms. The van der Waals surface area contributed by atoms with E-state index in [-0.39, 0.29) is 24.0 Å². The predicted octanol–water partition coefficient (Wildman–Crippen LogP) is 0.310. The predicted molar refractivity (Wildman–Crippen MR) is 60.1 cm³/mol. The largest absolute Gasteiger partial charge is 0.467 e. The van der Waals surface area contributed by atoms with Gasteiger partial charge in [0.15, 0.2) is 0 Å². The maximum absolute atomic E-state index is 11.7. The molecular weight excluding hydrogens is 222 g/mol. The summed E-state index contributed by atoms with van der Waals surface area (Å²) in [6.45, 7) is 1.47. The number of hydrogen-bond acceptors (Lipinski definition) is 4. The Labute approximate surface area is 101 Å². The summed E-state index contributed by atoms with van der Waals surface area (Å²) in [5.74, 6) is -0.127. The van der Waals surface area contributed by atoms with Crippen molar-refractivity contribution in [3.8, 4) is 0 Å². The first-order valence-corrected chi connectivity index (χ1v) is 6.09. The van der Waals surface area contributed by atoms with Crippen molar-refractivity contribution in [3.63, 3.8) is 0 Å². The van der Waals surface area contributed by atoms with Gasteiger partial charge in [-0.1, -0.05) is 0 Å². The van der Waals surface area contributed by atoms with Gasteiger partial charge in [0.2, 0.25) is 5.91 Å². The first kappa shape index (κ1) is 12.4. The molecule has 2 rings (SSSR count). The number of carbonyl (C=O) groups is 2. The van der Waals surface area contributed by atoms with E-state index in [1.165, 1.54) is 14.0 Å². The summed E-state index contributed by atoms with van der Waals surface area (Å²) in [7, 11) is 1.34. The third-order valence-electron chi connectivity index (χ3n) is 3.98. The quantitative estimate of drug-likeness (QED) is 0.671. The van der Waals surface area contributed by atoms with Crippen molar-refractivity contribution < 1.29 is 19.4 Å². The standard InChI is InChI=1S/C12H19NO4/c1-7(14)13-10-6-9(15)4-3-8(10)5-11(13)12(16)17-2/h8-11,15H,3-6H2,1-2H3/t8-,9-,10-,11+/m1/s1. The summed E-state index contributed by atoms with van der Waals surface area (Å²) in [4.78, 5) is 25.0. The van der Waals surface area contributed by atoms with E-state index in [0.29, 0.717) is 18.8 Å². The number of amides is 1. The highest BCUT2D eigenvalue weighted by Gasteiger charge is 2.48. The molecule has 0 unspecified atom stereocenters. The van der Waals surface area contributed by atoms with E-state index in [1.54, 1.807) is 4.90 Å². The Morgan fingerprint density at radius 3 is 2.59 bits per heavy atom. The summed E-state index contributed by atoms with van der Waals surface area (Å²) in [5, 5.41) is 9.68. The maximum atomic E-state index is 11.7. The van der Waals surface area contributed by atoms with E-state index < -0.39 is 6.04 Å². The average Bonchev–Trinajstić information content (AvgIpc) is 2.66. The van der Waals surface area contributed by atoms with E-state index in [0.717, 1.165) is 12.8 Å². The SMILES string of the molecule is COC(=O)[C@@H]1C[C@H]2CC[C@@H](O)C[C@H]2N1C(C)=O. The fourth-order valence-corrected chi connectivity index (χ4v) is 3.23. The van der Waals surface area contributed by atoms with Gasteiger partial charge in [-0.15, -0.1) is 0 Å². The van der Waals surface area contributed by atoms with E-state index in [1.807, 2.05) is 0 Å². The van der Waals surface area contributed by atoms with Gasteiger partial charge in [0, 0.05) is 13.0 Å². The van der Waals surface area contributed by atoms with Crippen LogP contribution in [0.15, 0.2) is 0 Å². The zero-order valence-corrected chi connectivity index (χ0v) is 10.3. The van der Waals surface area contributed by atoms with Gasteiger partial charge in [-0.05, 0) is 31.6 Å². The van der Waals surface area contributed by atoms with Gasteiger partial charge in [0.25, 0.3) is 0 Å². The monoisotopic (exact) mass is 241 g/mol. The first-order chi connectivity index (χ1) is 8.04. The third-order valence-corrected chi connectivity index (χ3v) is 3.98. The van der Waals surface area contributed by atoms with Crippen LogP contribution in [0.4, 0.5) is 0 Å². The number of likely N-dealkylation sites (tertiary alicyclic amines) is 1. The van der Waals surface area contributed by atoms with E-state index in [9.17, 15) is 14.7 Å². The fraction of sp³-hybridized carbons (Fsp3) is 0.833. The minimum Gasteiger partial charge on any atom is -0.467 e. The maximum Gasteiger partial charge on any atom is 0.328 e. The number of ether oxygens (including phenoxy) is 1. The Morgan fingerprint density at radius 2 is 2.00 bits per heavy atom. The Morgan fingerprint density at radius 1 is 1.29 bits per heavy atom. The lowest BCUT2D eigenvalue weighted by molar-refractivity contribution is -0.152. The lowest BCUT2D eigenvalue weighted by Gasteiger charge is -2.34. The van der Waals surface area contributed by atoms with E-state index in [4.69, 9.17) is 4.74 Å². The minimum atomic E-state index is -0.460. The second-order valence-corrected chi connectivity index (χ2v) is 5.00. The molecule has 1 heterocycles. The Hall–Kier alpha value is -1.10. The van der Waals surface area contributed by atoms with Crippen LogP contribution < -0.4 is 0 Å². The third kappa shape index (κ3) is 2.16. The van der Waals surface area contributed by atoms with Gasteiger partial charge >= 0.3 is 5.97 Å². The van der Waals surface area contributed by atoms with Crippen LogP contribution in [0.1, 0.15) is 32.6 Å². The van der Waals surface area contributed by atoms with Gasteiger partial charge in [-0.2, -0.15) is 0 Å². The number of aliphatic hydroxyl groups is 1. The first-order valence-electron chi connectivity index (χ1n) is 6.09. The van der Waals surface area contributed by atoms with Gasteiger partial charge in [0.05, 0.1) is 13.2 Å². The number of carbonyl (C=O) groups excluding carboxylic acids is 2. The molecule has 5 nitrogen and oxygen atoms in total. The molecule has 0 aromatic carbocycles. The van der Waals surface area contributed by atoms with Crippen LogP contribution in [0, 0.1) is 5.92 Å². The summed E-state index contributed by atoms with van der Waals surface area (Å²) in [5.41, 5.74) is 0. The highest BCUT2D eigenvalue weighted by atomic mass is 16.5. The van der Waals surface area contributed by atoms with Gasteiger partial charge in [0.1, 0.15) is 6.04 Å². The number of rotatable bonds is 1. The van der Waals surface area contributed by atoms with Crippen LogP contribution in [-0.2, 0) is 14.3 Å². The highest BCUT2D eigenvalue weighted by Crippen LogP contribution is 2.40. The molecule has 0 aromatic heterocycles. The molecular formula is C12H19NO4. The van der Waals surface area contributed by atoms with Crippen molar-refractivity contribution in [2.45, 2.75) is 50.8 Å². The van der Waals surface area contributed by atoms with Crippen LogP contribution in [0.25, 0.3) is 0 Å². The normalized spacial score (nSPS) is 36.5. The van der Waals surface area contributed by atoms with Crippen LogP contribution in [0.2, 0.25) is 0 Å². The second-order valence-electron chi connectivity index (χ2n) is 5.00. The summed E-state index contributed by atoms with van der Waals surface area (Å²) < 4.78 is 4.75. The fourth-order valence-electron chi connectivity index (χ4n) is 3.23. The molecule has 1 aliphatic carbocycles. The number of methoxy groups -OCH3 is 1. The Balaban J connectivity index is 2.20. The molecule has 4 atom stereocenters. The number of nitrogens with zero attached hydrogens (tertiary/aromatic N) is 1. The summed E-state index contributed by atoms with van der Waals surface area (Å²) in [6.07, 6.45) is 2.54. The van der Waals surface area contributed by atoms with Gasteiger partial charge < -0.3 is 14.7 Å². The number of esters is 1. The topological polar surface area (TPSA) is 66.8 Å². The molecule has 1 amide bonds. The van der Waals surface area contributed by atoms with Crippen LogP contribution in [0.5, 0.6) is 0 Å². The molecule has 0 radical (unpaired) electrons. The van der Waals surface area contributed by atoms with Crippen molar-refractivity contribution in [2.24, 2.45) is 5.92 Å². The smallest absolute Gasteiger partial charge is 0.328 e. The average molecular weight is 241 g/mol. The number of aliphatic hydroxyl groups excluding tert-OH is 1. The molecule has 96 valence electrons.